The summed E-state index contributed by atoms with van der Waals surface area (Å²) >= 11 is 0. The Kier molecular flexibility index (Phi) is 7.44. The third kappa shape index (κ3) is 4.87. The van der Waals surface area contributed by atoms with Gasteiger partial charge in [0, 0.05) is 52.1 Å². The zero-order valence-corrected chi connectivity index (χ0v) is 17.3. The highest BCUT2D eigenvalue weighted by Gasteiger charge is 2.31. The molecule has 1 saturated heterocycles. The Balaban J connectivity index is 2.03. The number of rotatable bonds is 8. The number of benzene rings is 1. The Labute approximate surface area is 171 Å². The van der Waals surface area contributed by atoms with Crippen molar-refractivity contribution in [2.45, 2.75) is 19.5 Å². The van der Waals surface area contributed by atoms with Crippen LogP contribution in [0.2, 0.25) is 0 Å². The molecule has 2 N–H and O–H groups in total. The highest BCUT2D eigenvalue weighted by Crippen LogP contribution is 2.33. The van der Waals surface area contributed by atoms with E-state index in [2.05, 4.69) is 9.80 Å². The van der Waals surface area contributed by atoms with Crippen LogP contribution in [-0.4, -0.2) is 77.6 Å². The van der Waals surface area contributed by atoms with Gasteiger partial charge >= 0.3 is 0 Å². The van der Waals surface area contributed by atoms with Crippen LogP contribution >= 0.6 is 0 Å². The second-order valence-corrected chi connectivity index (χ2v) is 7.45. The Bertz CT molecular complexity index is 845. The summed E-state index contributed by atoms with van der Waals surface area (Å²) in [7, 11) is 1.61. The molecule has 1 aliphatic heterocycles. The Morgan fingerprint density at radius 3 is 2.41 bits per heavy atom. The van der Waals surface area contributed by atoms with Crippen molar-refractivity contribution >= 4 is 0 Å². The number of aliphatic hydroxyl groups is 1. The van der Waals surface area contributed by atoms with Crippen molar-refractivity contribution in [2.75, 3.05) is 53.0 Å². The number of ether oxygens (including phenoxy) is 1. The Morgan fingerprint density at radius 2 is 1.79 bits per heavy atom. The van der Waals surface area contributed by atoms with Crippen LogP contribution in [0.5, 0.6) is 5.75 Å². The first-order valence-corrected chi connectivity index (χ1v) is 10.1. The number of piperazine rings is 1. The van der Waals surface area contributed by atoms with Crippen LogP contribution in [0.3, 0.4) is 0 Å². The van der Waals surface area contributed by atoms with Gasteiger partial charge in [0.2, 0.25) is 0 Å². The number of aromatic nitrogens is 1. The number of β-amino-alcohol motifs (C(OH)–C–C–N with tert-alkyl or cyclic N) is 1. The van der Waals surface area contributed by atoms with Crippen molar-refractivity contribution in [3.63, 3.8) is 0 Å². The largest absolute Gasteiger partial charge is 0.507 e. The van der Waals surface area contributed by atoms with Gasteiger partial charge in [-0.15, -0.1) is 0 Å². The van der Waals surface area contributed by atoms with Crippen molar-refractivity contribution in [1.29, 1.82) is 0 Å². The average Bonchev–Trinajstić information content (AvgIpc) is 2.72. The van der Waals surface area contributed by atoms with Crippen LogP contribution in [-0.2, 0) is 11.3 Å². The van der Waals surface area contributed by atoms with Gasteiger partial charge in [0.05, 0.1) is 24.8 Å². The zero-order chi connectivity index (χ0) is 20.8. The van der Waals surface area contributed by atoms with Crippen molar-refractivity contribution in [3.05, 3.63) is 63.6 Å². The van der Waals surface area contributed by atoms with E-state index in [0.717, 1.165) is 31.7 Å². The van der Waals surface area contributed by atoms with E-state index in [4.69, 9.17) is 4.74 Å². The van der Waals surface area contributed by atoms with Gasteiger partial charge in [0.15, 0.2) is 0 Å². The van der Waals surface area contributed by atoms with Crippen molar-refractivity contribution in [3.8, 4) is 5.75 Å². The normalized spacial score (nSPS) is 16.8. The SMILES string of the molecule is COCCn1c(C)cc(O)c([C@H](c2ccccc2)N2CCN(CCO)CC2)c1=O. The van der Waals surface area contributed by atoms with Crippen molar-refractivity contribution < 1.29 is 14.9 Å². The van der Waals surface area contributed by atoms with Gasteiger partial charge in [-0.25, -0.2) is 0 Å². The first-order valence-electron chi connectivity index (χ1n) is 10.1. The number of aliphatic hydroxyl groups excluding tert-OH is 1. The Hall–Kier alpha value is -2.19. The molecule has 1 aromatic carbocycles. The minimum absolute atomic E-state index is 0.0350. The summed E-state index contributed by atoms with van der Waals surface area (Å²) in [5.74, 6) is 0.0350. The van der Waals surface area contributed by atoms with E-state index in [1.54, 1.807) is 17.7 Å². The van der Waals surface area contributed by atoms with Gasteiger partial charge in [-0.1, -0.05) is 30.3 Å². The van der Waals surface area contributed by atoms with E-state index in [9.17, 15) is 15.0 Å². The lowest BCUT2D eigenvalue weighted by Crippen LogP contribution is -2.49. The number of aryl methyl sites for hydroxylation is 1. The summed E-state index contributed by atoms with van der Waals surface area (Å²) < 4.78 is 6.84. The summed E-state index contributed by atoms with van der Waals surface area (Å²) in [5, 5.41) is 20.0. The summed E-state index contributed by atoms with van der Waals surface area (Å²) in [6.07, 6.45) is 0. The quantitative estimate of drug-likeness (QED) is 0.692. The summed E-state index contributed by atoms with van der Waals surface area (Å²) in [4.78, 5) is 17.9. The molecule has 1 aliphatic rings. The number of aromatic hydroxyl groups is 1. The predicted molar refractivity (Wildman–Crippen MR) is 112 cm³/mol. The number of methoxy groups -OCH3 is 1. The molecule has 3 rings (SSSR count). The highest BCUT2D eigenvalue weighted by atomic mass is 16.5. The molecule has 2 heterocycles. The lowest BCUT2D eigenvalue weighted by atomic mass is 9.96. The number of nitrogens with zero attached hydrogens (tertiary/aromatic N) is 3. The van der Waals surface area contributed by atoms with Crippen LogP contribution in [0, 0.1) is 6.92 Å². The maximum Gasteiger partial charge on any atom is 0.259 e. The van der Waals surface area contributed by atoms with Crippen LogP contribution in [0.15, 0.2) is 41.2 Å². The van der Waals surface area contributed by atoms with Gasteiger partial charge in [-0.2, -0.15) is 0 Å². The monoisotopic (exact) mass is 401 g/mol. The first kappa shape index (κ1) is 21.5. The Morgan fingerprint density at radius 1 is 1.10 bits per heavy atom. The molecule has 0 unspecified atom stereocenters. The van der Waals surface area contributed by atoms with E-state index in [0.29, 0.717) is 31.0 Å². The molecule has 1 atom stereocenters. The summed E-state index contributed by atoms with van der Waals surface area (Å²) in [6, 6.07) is 11.2. The van der Waals surface area contributed by atoms with Crippen LogP contribution < -0.4 is 5.56 Å². The van der Waals surface area contributed by atoms with E-state index >= 15 is 0 Å². The van der Waals surface area contributed by atoms with E-state index in [1.165, 1.54) is 0 Å². The van der Waals surface area contributed by atoms with Crippen LogP contribution in [0.1, 0.15) is 22.9 Å². The highest BCUT2D eigenvalue weighted by molar-refractivity contribution is 5.41. The fraction of sp³-hybridized carbons (Fsp3) is 0.500. The van der Waals surface area contributed by atoms with Crippen molar-refractivity contribution in [1.82, 2.24) is 14.4 Å². The first-order chi connectivity index (χ1) is 14.1. The second kappa shape index (κ2) is 10.0. The summed E-state index contributed by atoms with van der Waals surface area (Å²) in [5.41, 5.74) is 1.94. The van der Waals surface area contributed by atoms with Gasteiger partial charge in [0.1, 0.15) is 5.75 Å². The smallest absolute Gasteiger partial charge is 0.259 e. The average molecular weight is 402 g/mol. The molecule has 7 nitrogen and oxygen atoms in total. The fourth-order valence-electron chi connectivity index (χ4n) is 4.07. The summed E-state index contributed by atoms with van der Waals surface area (Å²) in [6.45, 7) is 6.64. The second-order valence-electron chi connectivity index (χ2n) is 7.45. The molecule has 0 aliphatic carbocycles. The third-order valence-corrected chi connectivity index (χ3v) is 5.62. The molecule has 0 spiro atoms. The standard InChI is InChI=1S/C22H31N3O4/c1-17-16-19(27)20(22(28)25(17)13-15-29-2)21(18-6-4-3-5-7-18)24-10-8-23(9-11-24)12-14-26/h3-7,16,21,26-27H,8-15H2,1-2H3/t21-/m0/s1. The number of hydrogen-bond donors (Lipinski definition) is 2. The molecule has 1 fully saturated rings. The molecule has 0 saturated carbocycles. The molecule has 0 amide bonds. The molecule has 2 aromatic rings. The van der Waals surface area contributed by atoms with Crippen LogP contribution in [0.4, 0.5) is 0 Å². The minimum Gasteiger partial charge on any atom is -0.507 e. The van der Waals surface area contributed by atoms with Crippen LogP contribution in [0.25, 0.3) is 0 Å². The maximum absolute atomic E-state index is 13.4. The van der Waals surface area contributed by atoms with E-state index in [1.807, 2.05) is 37.3 Å². The predicted octanol–water partition coefficient (Wildman–Crippen LogP) is 1.21. The molecule has 0 radical (unpaired) electrons. The number of hydrogen-bond acceptors (Lipinski definition) is 6. The third-order valence-electron chi connectivity index (χ3n) is 5.62. The lowest BCUT2D eigenvalue weighted by Gasteiger charge is -2.39. The fourth-order valence-corrected chi connectivity index (χ4v) is 4.07. The number of pyridine rings is 1. The van der Waals surface area contributed by atoms with Gasteiger partial charge in [0.25, 0.3) is 5.56 Å². The van der Waals surface area contributed by atoms with E-state index < -0.39 is 0 Å². The molecule has 7 heteroatoms. The van der Waals surface area contributed by atoms with E-state index in [-0.39, 0.29) is 24.0 Å². The molecule has 0 bridgehead atoms. The maximum atomic E-state index is 13.4. The van der Waals surface area contributed by atoms with Gasteiger partial charge in [-0.05, 0) is 18.6 Å². The molecule has 1 aromatic heterocycles. The molecular formula is C22H31N3O4. The zero-order valence-electron chi connectivity index (χ0n) is 17.3. The van der Waals surface area contributed by atoms with Gasteiger partial charge < -0.3 is 19.5 Å². The lowest BCUT2D eigenvalue weighted by molar-refractivity contribution is 0.0931. The minimum atomic E-state index is -0.325. The molecule has 158 valence electrons. The topological polar surface area (TPSA) is 78.2 Å². The molecular weight excluding hydrogens is 370 g/mol. The van der Waals surface area contributed by atoms with Gasteiger partial charge in [-0.3, -0.25) is 14.6 Å². The molecule has 29 heavy (non-hydrogen) atoms. The van der Waals surface area contributed by atoms with Crippen molar-refractivity contribution in [2.24, 2.45) is 0 Å².